The van der Waals surface area contributed by atoms with E-state index in [4.69, 9.17) is 0 Å². The van der Waals surface area contributed by atoms with Crippen LogP contribution in [0.5, 0.6) is 0 Å². The Morgan fingerprint density at radius 1 is 1.24 bits per heavy atom. The predicted molar refractivity (Wildman–Crippen MR) is 111 cm³/mol. The lowest BCUT2D eigenvalue weighted by Crippen LogP contribution is -2.37. The molecule has 2 aromatic rings. The summed E-state index contributed by atoms with van der Waals surface area (Å²) < 4.78 is 14.2. The number of hydrogen-bond donors (Lipinski definition) is 1. The first-order valence-corrected chi connectivity index (χ1v) is 10.2. The summed E-state index contributed by atoms with van der Waals surface area (Å²) >= 11 is 0. The second-order valence-corrected chi connectivity index (χ2v) is 7.85. The van der Waals surface area contributed by atoms with Crippen molar-refractivity contribution in [3.63, 3.8) is 0 Å². The van der Waals surface area contributed by atoms with E-state index in [1.165, 1.54) is 6.07 Å². The molecule has 4 rings (SSSR count). The first kappa shape index (κ1) is 19.6. The number of nitrogens with one attached hydrogen (secondary N) is 1. The number of anilines is 2. The molecule has 2 amide bonds. The van der Waals surface area contributed by atoms with E-state index in [1.807, 2.05) is 37.3 Å². The molecule has 2 fully saturated rings. The molecule has 1 aliphatic carbocycles. The topological polar surface area (TPSA) is 52.7 Å². The second kappa shape index (κ2) is 8.33. The zero-order valence-corrected chi connectivity index (χ0v) is 16.6. The third-order valence-corrected chi connectivity index (χ3v) is 5.71. The molecular formula is C23H26FN3O2. The van der Waals surface area contributed by atoms with Crippen molar-refractivity contribution in [1.82, 2.24) is 4.90 Å². The fourth-order valence-corrected chi connectivity index (χ4v) is 4.02. The molecule has 5 nitrogen and oxygen atoms in total. The van der Waals surface area contributed by atoms with Gasteiger partial charge in [-0.15, -0.1) is 0 Å². The van der Waals surface area contributed by atoms with Crippen LogP contribution in [-0.2, 0) is 9.59 Å². The van der Waals surface area contributed by atoms with E-state index in [1.54, 1.807) is 17.0 Å². The van der Waals surface area contributed by atoms with E-state index in [-0.39, 0.29) is 30.2 Å². The third-order valence-electron chi connectivity index (χ3n) is 5.71. The third kappa shape index (κ3) is 4.48. The van der Waals surface area contributed by atoms with Crippen LogP contribution in [0.1, 0.15) is 44.2 Å². The number of nitrogens with zero attached hydrogens (tertiary/aromatic N) is 2. The summed E-state index contributed by atoms with van der Waals surface area (Å²) in [7, 11) is 0. The van der Waals surface area contributed by atoms with Crippen LogP contribution in [0.3, 0.4) is 0 Å². The highest BCUT2D eigenvalue weighted by Crippen LogP contribution is 2.35. The van der Waals surface area contributed by atoms with E-state index in [0.717, 1.165) is 24.9 Å². The van der Waals surface area contributed by atoms with Crippen LogP contribution in [0.25, 0.3) is 0 Å². The highest BCUT2D eigenvalue weighted by atomic mass is 19.1. The minimum atomic E-state index is -0.242. The molecule has 1 aliphatic heterocycles. The molecule has 1 unspecified atom stereocenters. The molecule has 152 valence electrons. The maximum absolute atomic E-state index is 14.2. The fraction of sp³-hybridized carbons (Fsp3) is 0.391. The van der Waals surface area contributed by atoms with Crippen LogP contribution < -0.4 is 10.2 Å². The zero-order chi connectivity index (χ0) is 20.4. The SMILES string of the molecule is CC(c1ccccc1F)N(CC(=O)Nc1cccc(N2CCCC2=O)c1)C1CC1. The molecule has 1 saturated heterocycles. The van der Waals surface area contributed by atoms with Gasteiger partial charge in [0.1, 0.15) is 5.82 Å². The van der Waals surface area contributed by atoms with Gasteiger partial charge in [-0.25, -0.2) is 4.39 Å². The Bertz CT molecular complexity index is 913. The Labute approximate surface area is 170 Å². The molecule has 2 aliphatic rings. The highest BCUT2D eigenvalue weighted by molar-refractivity contribution is 5.97. The average molecular weight is 395 g/mol. The summed E-state index contributed by atoms with van der Waals surface area (Å²) in [4.78, 5) is 28.5. The van der Waals surface area contributed by atoms with Crippen LogP contribution in [-0.4, -0.2) is 35.8 Å². The molecule has 6 heteroatoms. The number of halogens is 1. The maximum atomic E-state index is 14.2. The van der Waals surface area contributed by atoms with Gasteiger partial charge in [0.2, 0.25) is 11.8 Å². The van der Waals surface area contributed by atoms with Gasteiger partial charge in [0.05, 0.1) is 6.54 Å². The van der Waals surface area contributed by atoms with E-state index in [9.17, 15) is 14.0 Å². The number of carbonyl (C=O) groups is 2. The van der Waals surface area contributed by atoms with Crippen molar-refractivity contribution < 1.29 is 14.0 Å². The lowest BCUT2D eigenvalue weighted by atomic mass is 10.1. The summed E-state index contributed by atoms with van der Waals surface area (Å²) in [5.74, 6) is -0.258. The Morgan fingerprint density at radius 2 is 2.03 bits per heavy atom. The minimum absolute atomic E-state index is 0.118. The van der Waals surface area contributed by atoms with Crippen LogP contribution in [0, 0.1) is 5.82 Å². The van der Waals surface area contributed by atoms with Gasteiger partial charge < -0.3 is 10.2 Å². The molecule has 0 bridgehead atoms. The van der Waals surface area contributed by atoms with Crippen molar-refractivity contribution in [3.05, 3.63) is 59.9 Å². The Hall–Kier alpha value is -2.73. The lowest BCUT2D eigenvalue weighted by molar-refractivity contribution is -0.118. The Morgan fingerprint density at radius 3 is 2.72 bits per heavy atom. The van der Waals surface area contributed by atoms with Crippen molar-refractivity contribution in [2.75, 3.05) is 23.3 Å². The van der Waals surface area contributed by atoms with Gasteiger partial charge in [0.15, 0.2) is 0 Å². The molecule has 2 aromatic carbocycles. The molecule has 1 N–H and O–H groups in total. The van der Waals surface area contributed by atoms with Gasteiger partial charge >= 0.3 is 0 Å². The molecule has 0 aromatic heterocycles. The fourth-order valence-electron chi connectivity index (χ4n) is 4.02. The van der Waals surface area contributed by atoms with Crippen molar-refractivity contribution >= 4 is 23.2 Å². The molecule has 29 heavy (non-hydrogen) atoms. The van der Waals surface area contributed by atoms with Gasteiger partial charge in [0, 0.05) is 42.0 Å². The summed E-state index contributed by atoms with van der Waals surface area (Å²) in [6.45, 7) is 2.86. The number of benzene rings is 2. The van der Waals surface area contributed by atoms with Crippen molar-refractivity contribution in [2.24, 2.45) is 0 Å². The lowest BCUT2D eigenvalue weighted by Gasteiger charge is -2.29. The number of amides is 2. The molecule has 1 atom stereocenters. The van der Waals surface area contributed by atoms with Crippen LogP contribution in [0.15, 0.2) is 48.5 Å². The largest absolute Gasteiger partial charge is 0.325 e. The van der Waals surface area contributed by atoms with E-state index < -0.39 is 0 Å². The number of rotatable bonds is 7. The smallest absolute Gasteiger partial charge is 0.238 e. The Kier molecular flexibility index (Phi) is 5.62. The first-order valence-electron chi connectivity index (χ1n) is 10.2. The predicted octanol–water partition coefficient (Wildman–Crippen LogP) is 4.12. The maximum Gasteiger partial charge on any atom is 0.238 e. The normalized spacial score (nSPS) is 17.6. The van der Waals surface area contributed by atoms with Gasteiger partial charge in [-0.2, -0.15) is 0 Å². The monoisotopic (exact) mass is 395 g/mol. The zero-order valence-electron chi connectivity index (χ0n) is 16.6. The molecule has 1 heterocycles. The van der Waals surface area contributed by atoms with Crippen molar-refractivity contribution in [2.45, 2.75) is 44.7 Å². The molecule has 0 spiro atoms. The standard InChI is InChI=1S/C23H26FN3O2/c1-16(20-8-2-3-9-21(20)24)27(18-11-12-18)15-22(28)25-17-6-4-7-19(14-17)26-13-5-10-23(26)29/h2-4,6-9,14,16,18H,5,10-13,15H2,1H3,(H,25,28). The van der Waals surface area contributed by atoms with Crippen LogP contribution in [0.4, 0.5) is 15.8 Å². The summed E-state index contributed by atoms with van der Waals surface area (Å²) in [5, 5.41) is 2.94. The highest BCUT2D eigenvalue weighted by Gasteiger charge is 2.34. The van der Waals surface area contributed by atoms with E-state index >= 15 is 0 Å². The van der Waals surface area contributed by atoms with Crippen molar-refractivity contribution in [3.8, 4) is 0 Å². The summed E-state index contributed by atoms with van der Waals surface area (Å²) in [6, 6.07) is 14.3. The molecular weight excluding hydrogens is 369 g/mol. The van der Waals surface area contributed by atoms with Gasteiger partial charge in [-0.3, -0.25) is 14.5 Å². The minimum Gasteiger partial charge on any atom is -0.325 e. The van der Waals surface area contributed by atoms with Gasteiger partial charge in [-0.1, -0.05) is 24.3 Å². The van der Waals surface area contributed by atoms with E-state index in [0.29, 0.717) is 30.3 Å². The number of hydrogen-bond acceptors (Lipinski definition) is 3. The second-order valence-electron chi connectivity index (χ2n) is 7.85. The van der Waals surface area contributed by atoms with E-state index in [2.05, 4.69) is 10.2 Å². The van der Waals surface area contributed by atoms with Crippen molar-refractivity contribution in [1.29, 1.82) is 0 Å². The summed E-state index contributed by atoms with van der Waals surface area (Å²) in [5.41, 5.74) is 2.09. The van der Waals surface area contributed by atoms with Gasteiger partial charge in [-0.05, 0) is 50.5 Å². The molecule has 0 radical (unpaired) electrons. The Balaban J connectivity index is 1.44. The first-order chi connectivity index (χ1) is 14.0. The van der Waals surface area contributed by atoms with Crippen LogP contribution in [0.2, 0.25) is 0 Å². The number of carbonyl (C=O) groups excluding carboxylic acids is 2. The summed E-state index contributed by atoms with van der Waals surface area (Å²) in [6.07, 6.45) is 3.48. The van der Waals surface area contributed by atoms with Gasteiger partial charge in [0.25, 0.3) is 0 Å². The van der Waals surface area contributed by atoms with Crippen LogP contribution >= 0.6 is 0 Å². The quantitative estimate of drug-likeness (QED) is 0.767. The molecule has 1 saturated carbocycles. The average Bonchev–Trinajstić information content (AvgIpc) is 3.46.